The summed E-state index contributed by atoms with van der Waals surface area (Å²) in [7, 11) is 2.94. The molecule has 1 fully saturated rings. The van der Waals surface area contributed by atoms with Crippen LogP contribution in [0.4, 0.5) is 0 Å². The van der Waals surface area contributed by atoms with Gasteiger partial charge in [-0.1, -0.05) is 12.8 Å². The maximum Gasteiger partial charge on any atom is 0.325 e. The number of hydrogen-bond donors (Lipinski definition) is 0. The highest BCUT2D eigenvalue weighted by Gasteiger charge is 2.29. The van der Waals surface area contributed by atoms with E-state index in [0.29, 0.717) is 11.3 Å². The van der Waals surface area contributed by atoms with Crippen molar-refractivity contribution in [2.75, 3.05) is 20.8 Å². The van der Waals surface area contributed by atoms with Crippen molar-refractivity contribution in [3.63, 3.8) is 0 Å². The summed E-state index contributed by atoms with van der Waals surface area (Å²) in [6.45, 7) is -0.0316. The molecule has 0 unspecified atom stereocenters. The van der Waals surface area contributed by atoms with Crippen molar-refractivity contribution in [2.45, 2.75) is 31.7 Å². The van der Waals surface area contributed by atoms with Crippen molar-refractivity contribution in [3.8, 4) is 5.75 Å². The van der Waals surface area contributed by atoms with Crippen molar-refractivity contribution in [2.24, 2.45) is 0 Å². The molecule has 0 radical (unpaired) electrons. The first kappa shape index (κ1) is 17.2. The number of carbonyl (C=O) groups is 2. The van der Waals surface area contributed by atoms with Crippen LogP contribution >= 0.6 is 0 Å². The van der Waals surface area contributed by atoms with Gasteiger partial charge < -0.3 is 14.4 Å². The Hall–Kier alpha value is -2.63. The minimum Gasteiger partial charge on any atom is -0.497 e. The topological polar surface area (TPSA) is 68.7 Å². The van der Waals surface area contributed by atoms with Crippen molar-refractivity contribution in [1.29, 1.82) is 0 Å². The average molecular weight is 342 g/mol. The van der Waals surface area contributed by atoms with Crippen molar-refractivity contribution < 1.29 is 19.1 Å². The van der Waals surface area contributed by atoms with E-state index in [2.05, 4.69) is 4.98 Å². The summed E-state index contributed by atoms with van der Waals surface area (Å²) in [5.41, 5.74) is 1.26. The molecule has 0 atom stereocenters. The molecule has 1 amide bonds. The number of fused-ring (bicyclic) bond motifs is 1. The Morgan fingerprint density at radius 3 is 2.64 bits per heavy atom. The molecule has 6 nitrogen and oxygen atoms in total. The number of amides is 1. The summed E-state index contributed by atoms with van der Waals surface area (Å²) in [5.74, 6) is 0.117. The lowest BCUT2D eigenvalue weighted by atomic mass is 10.1. The number of hydrogen-bond acceptors (Lipinski definition) is 5. The molecule has 2 aromatic rings. The molecule has 0 saturated heterocycles. The first-order chi connectivity index (χ1) is 12.1. The highest BCUT2D eigenvalue weighted by Crippen LogP contribution is 2.26. The van der Waals surface area contributed by atoms with Gasteiger partial charge in [0.15, 0.2) is 0 Å². The number of rotatable bonds is 5. The second-order valence-corrected chi connectivity index (χ2v) is 6.23. The average Bonchev–Trinajstić information content (AvgIpc) is 3.18. The number of carbonyl (C=O) groups excluding carboxylic acids is 2. The second-order valence-electron chi connectivity index (χ2n) is 6.23. The molecule has 0 spiro atoms. The third-order valence-corrected chi connectivity index (χ3v) is 4.69. The molecule has 132 valence electrons. The van der Waals surface area contributed by atoms with Crippen LogP contribution < -0.4 is 4.74 Å². The highest BCUT2D eigenvalue weighted by atomic mass is 16.5. The second kappa shape index (κ2) is 7.51. The number of ether oxygens (including phenoxy) is 2. The fraction of sp³-hybridized carbons (Fsp3) is 0.421. The van der Waals surface area contributed by atoms with Gasteiger partial charge in [-0.05, 0) is 37.1 Å². The van der Waals surface area contributed by atoms with E-state index in [1.807, 2.05) is 18.2 Å². The summed E-state index contributed by atoms with van der Waals surface area (Å²) in [6, 6.07) is 7.41. The molecule has 1 heterocycles. The van der Waals surface area contributed by atoms with Gasteiger partial charge in [-0.15, -0.1) is 0 Å². The molecule has 1 aliphatic rings. The van der Waals surface area contributed by atoms with E-state index in [1.165, 1.54) is 7.11 Å². The van der Waals surface area contributed by atoms with Crippen LogP contribution in [-0.2, 0) is 9.53 Å². The Bertz CT molecular complexity index is 784. The zero-order valence-electron chi connectivity index (χ0n) is 14.5. The van der Waals surface area contributed by atoms with Crippen LogP contribution in [0.2, 0.25) is 0 Å². The Kier molecular flexibility index (Phi) is 5.16. The van der Waals surface area contributed by atoms with Crippen LogP contribution in [0.15, 0.2) is 30.5 Å². The van der Waals surface area contributed by atoms with E-state index in [9.17, 15) is 9.59 Å². The smallest absolute Gasteiger partial charge is 0.325 e. The summed E-state index contributed by atoms with van der Waals surface area (Å²) in [5, 5.41) is 0.828. The predicted octanol–water partition coefficient (Wildman–Crippen LogP) is 2.80. The Balaban J connectivity index is 1.92. The van der Waals surface area contributed by atoms with Gasteiger partial charge in [0, 0.05) is 17.6 Å². The molecule has 0 bridgehead atoms. The van der Waals surface area contributed by atoms with Crippen LogP contribution in [-0.4, -0.2) is 48.6 Å². The zero-order chi connectivity index (χ0) is 17.8. The highest BCUT2D eigenvalue weighted by molar-refractivity contribution is 5.99. The Morgan fingerprint density at radius 1 is 1.20 bits per heavy atom. The lowest BCUT2D eigenvalue weighted by Crippen LogP contribution is -2.42. The van der Waals surface area contributed by atoms with E-state index < -0.39 is 5.97 Å². The molecule has 0 aliphatic heterocycles. The number of benzene rings is 1. The van der Waals surface area contributed by atoms with Crippen molar-refractivity contribution in [1.82, 2.24) is 9.88 Å². The third-order valence-electron chi connectivity index (χ3n) is 4.69. The van der Waals surface area contributed by atoms with Crippen LogP contribution in [0, 0.1) is 0 Å². The summed E-state index contributed by atoms with van der Waals surface area (Å²) in [6.07, 6.45) is 5.54. The largest absolute Gasteiger partial charge is 0.497 e. The first-order valence-electron chi connectivity index (χ1n) is 8.44. The van der Waals surface area contributed by atoms with E-state index in [1.54, 1.807) is 24.3 Å². The van der Waals surface area contributed by atoms with E-state index in [-0.39, 0.29) is 18.5 Å². The third kappa shape index (κ3) is 3.73. The maximum atomic E-state index is 13.0. The molecule has 0 N–H and O–H groups in total. The first-order valence-corrected chi connectivity index (χ1v) is 8.44. The quantitative estimate of drug-likeness (QED) is 0.782. The van der Waals surface area contributed by atoms with Gasteiger partial charge in [0.2, 0.25) is 0 Å². The van der Waals surface area contributed by atoms with Crippen molar-refractivity contribution in [3.05, 3.63) is 36.0 Å². The fourth-order valence-electron chi connectivity index (χ4n) is 3.31. The number of nitrogens with zero attached hydrogens (tertiary/aromatic N) is 2. The molecule has 1 aromatic carbocycles. The van der Waals surface area contributed by atoms with E-state index >= 15 is 0 Å². The Morgan fingerprint density at radius 2 is 1.96 bits per heavy atom. The normalized spacial score (nSPS) is 14.5. The van der Waals surface area contributed by atoms with Crippen LogP contribution in [0.5, 0.6) is 5.75 Å². The van der Waals surface area contributed by atoms with Gasteiger partial charge in [0.1, 0.15) is 12.3 Å². The van der Waals surface area contributed by atoms with Gasteiger partial charge in [-0.3, -0.25) is 14.6 Å². The van der Waals surface area contributed by atoms with Crippen LogP contribution in [0.3, 0.4) is 0 Å². The van der Waals surface area contributed by atoms with E-state index in [4.69, 9.17) is 9.47 Å². The number of pyridine rings is 1. The standard InChI is InChI=1S/C19H22N2O4/c1-24-16-7-8-17-13(10-16)9-14(11-20-17)19(23)21(12-18(22)25-2)15-5-3-4-6-15/h7-11,15H,3-6,12H2,1-2H3. The number of methoxy groups -OCH3 is 2. The number of esters is 1. The maximum absolute atomic E-state index is 13.0. The minimum atomic E-state index is -0.407. The van der Waals surface area contributed by atoms with Crippen LogP contribution in [0.1, 0.15) is 36.0 Å². The Labute approximate surface area is 146 Å². The lowest BCUT2D eigenvalue weighted by Gasteiger charge is -2.28. The van der Waals surface area contributed by atoms with Crippen LogP contribution in [0.25, 0.3) is 10.9 Å². The number of aromatic nitrogens is 1. The predicted molar refractivity (Wildman–Crippen MR) is 93.6 cm³/mol. The summed E-state index contributed by atoms with van der Waals surface area (Å²) in [4.78, 5) is 30.8. The van der Waals surface area contributed by atoms with Gasteiger partial charge in [-0.2, -0.15) is 0 Å². The monoisotopic (exact) mass is 342 g/mol. The van der Waals surface area contributed by atoms with Gasteiger partial charge in [0.25, 0.3) is 5.91 Å². The van der Waals surface area contributed by atoms with E-state index in [0.717, 1.165) is 36.6 Å². The minimum absolute atomic E-state index is 0.0316. The fourth-order valence-corrected chi connectivity index (χ4v) is 3.31. The molecule has 25 heavy (non-hydrogen) atoms. The molecule has 1 aromatic heterocycles. The summed E-state index contributed by atoms with van der Waals surface area (Å²) < 4.78 is 10.00. The van der Waals surface area contributed by atoms with Gasteiger partial charge in [-0.25, -0.2) is 0 Å². The summed E-state index contributed by atoms with van der Waals surface area (Å²) >= 11 is 0. The SMILES string of the molecule is COC(=O)CN(C(=O)c1cnc2ccc(OC)cc2c1)C1CCCC1. The van der Waals surface area contributed by atoms with Gasteiger partial charge in [0.05, 0.1) is 25.3 Å². The molecule has 1 aliphatic carbocycles. The molecular weight excluding hydrogens is 320 g/mol. The zero-order valence-corrected chi connectivity index (χ0v) is 14.5. The lowest BCUT2D eigenvalue weighted by molar-refractivity contribution is -0.141. The van der Waals surface area contributed by atoms with Crippen molar-refractivity contribution >= 4 is 22.8 Å². The van der Waals surface area contributed by atoms with Gasteiger partial charge >= 0.3 is 5.97 Å². The molecular formula is C19H22N2O4. The molecule has 1 saturated carbocycles. The molecule has 3 rings (SSSR count). The molecule has 6 heteroatoms.